The number of hydrogen-bond donors (Lipinski definition) is 1. The number of methoxy groups -OCH3 is 2. The van der Waals surface area contributed by atoms with Gasteiger partial charge in [-0.15, -0.1) is 0 Å². The van der Waals surface area contributed by atoms with Crippen molar-refractivity contribution >= 4 is 33.4 Å². The summed E-state index contributed by atoms with van der Waals surface area (Å²) in [7, 11) is 0.484. The molecule has 0 atom stereocenters. The van der Waals surface area contributed by atoms with Crippen molar-refractivity contribution in [2.45, 2.75) is 10.6 Å². The molecule has 1 amide bonds. The van der Waals surface area contributed by atoms with E-state index in [4.69, 9.17) is 9.47 Å². The summed E-state index contributed by atoms with van der Waals surface area (Å²) in [4.78, 5) is 12.5. The topological polar surface area (TPSA) is 84.9 Å². The zero-order valence-electron chi connectivity index (χ0n) is 19.7. The molecule has 3 aromatic carbocycles. The van der Waals surface area contributed by atoms with Gasteiger partial charge in [0.25, 0.3) is 15.9 Å². The lowest BCUT2D eigenvalue weighted by Crippen LogP contribution is -2.27. The van der Waals surface area contributed by atoms with E-state index in [1.807, 2.05) is 0 Å². The highest BCUT2D eigenvalue weighted by Crippen LogP contribution is 2.31. The first-order valence-electron chi connectivity index (χ1n) is 10.7. The quantitative estimate of drug-likeness (QED) is 0.381. The maximum Gasteiger partial charge on any atom is 0.264 e. The maximum atomic E-state index is 13.6. The molecule has 0 aliphatic rings. The van der Waals surface area contributed by atoms with Crippen LogP contribution in [0.2, 0.25) is 0 Å². The van der Waals surface area contributed by atoms with Gasteiger partial charge in [0.05, 0.1) is 24.8 Å². The average Bonchev–Trinajstić information content (AvgIpc) is 2.88. The fourth-order valence-corrected chi connectivity index (χ4v) is 5.29. The molecule has 3 rings (SSSR count). The summed E-state index contributed by atoms with van der Waals surface area (Å²) in [5.41, 5.74) is 1.44. The van der Waals surface area contributed by atoms with E-state index in [2.05, 4.69) is 5.32 Å². The Hall–Kier alpha value is -3.24. The van der Waals surface area contributed by atoms with Crippen LogP contribution in [0.25, 0.3) is 0 Å². The number of hydrogen-bond acceptors (Lipinski definition) is 6. The third-order valence-corrected chi connectivity index (χ3v) is 8.04. The Morgan fingerprint density at radius 3 is 2.34 bits per heavy atom. The largest absolute Gasteiger partial charge is 0.493 e. The molecule has 7 nitrogen and oxygen atoms in total. The molecule has 0 aromatic heterocycles. The number of carbonyl (C=O) groups excluding carboxylic acids is 1. The molecule has 0 aliphatic carbocycles. The van der Waals surface area contributed by atoms with Gasteiger partial charge >= 0.3 is 0 Å². The summed E-state index contributed by atoms with van der Waals surface area (Å²) in [6.45, 7) is 0.424. The summed E-state index contributed by atoms with van der Waals surface area (Å²) in [5.74, 6) is 1.38. The predicted molar refractivity (Wildman–Crippen MR) is 136 cm³/mol. The Bertz CT molecular complexity index is 1270. The molecule has 0 unspecified atom stereocenters. The fourth-order valence-electron chi connectivity index (χ4n) is 3.23. The molecule has 0 fully saturated rings. The van der Waals surface area contributed by atoms with E-state index in [0.29, 0.717) is 46.4 Å². The summed E-state index contributed by atoms with van der Waals surface area (Å²) in [5, 5.41) is 2.82. The van der Waals surface area contributed by atoms with Crippen molar-refractivity contribution in [1.82, 2.24) is 5.32 Å². The number of sulfonamides is 1. The van der Waals surface area contributed by atoms with Crippen molar-refractivity contribution < 1.29 is 27.1 Å². The second-order valence-electron chi connectivity index (χ2n) is 7.44. The van der Waals surface area contributed by atoms with Crippen LogP contribution in [-0.2, 0) is 15.8 Å². The van der Waals surface area contributed by atoms with E-state index in [9.17, 15) is 17.6 Å². The minimum Gasteiger partial charge on any atom is -0.493 e. The second kappa shape index (κ2) is 11.9. The lowest BCUT2D eigenvalue weighted by atomic mass is 10.2. The number of ether oxygens (including phenoxy) is 2. The van der Waals surface area contributed by atoms with Gasteiger partial charge in [-0.1, -0.05) is 18.2 Å². The smallest absolute Gasteiger partial charge is 0.264 e. The number of thioether (sulfide) groups is 1. The molecule has 0 aliphatic heterocycles. The van der Waals surface area contributed by atoms with E-state index in [-0.39, 0.29) is 16.6 Å². The van der Waals surface area contributed by atoms with E-state index in [1.54, 1.807) is 42.5 Å². The molecule has 10 heteroatoms. The normalized spacial score (nSPS) is 11.1. The number of carbonyl (C=O) groups is 1. The molecule has 1 N–H and O–H groups in total. The van der Waals surface area contributed by atoms with Gasteiger partial charge in [-0.3, -0.25) is 9.10 Å². The van der Waals surface area contributed by atoms with Crippen LogP contribution in [0.4, 0.5) is 10.1 Å². The third kappa shape index (κ3) is 6.46. The minimum absolute atomic E-state index is 0.0485. The van der Waals surface area contributed by atoms with Crippen molar-refractivity contribution in [3.05, 3.63) is 83.7 Å². The average molecular weight is 519 g/mol. The van der Waals surface area contributed by atoms with E-state index < -0.39 is 10.0 Å². The van der Waals surface area contributed by atoms with Gasteiger partial charge in [0.15, 0.2) is 11.5 Å². The van der Waals surface area contributed by atoms with Gasteiger partial charge in [0, 0.05) is 36.7 Å². The fraction of sp³-hybridized carbons (Fsp3) is 0.240. The summed E-state index contributed by atoms with van der Waals surface area (Å²) in [6, 6.07) is 17.3. The van der Waals surface area contributed by atoms with Gasteiger partial charge in [-0.2, -0.15) is 11.8 Å². The Labute approximate surface area is 209 Å². The minimum atomic E-state index is -3.86. The van der Waals surface area contributed by atoms with Crippen LogP contribution in [0.5, 0.6) is 11.5 Å². The number of halogens is 1. The number of nitrogens with zero attached hydrogens (tertiary/aromatic N) is 1. The Morgan fingerprint density at radius 1 is 1.00 bits per heavy atom. The van der Waals surface area contributed by atoms with Crippen molar-refractivity contribution in [1.29, 1.82) is 0 Å². The Kier molecular flexibility index (Phi) is 9.00. The second-order valence-corrected chi connectivity index (χ2v) is 10.5. The monoisotopic (exact) mass is 518 g/mol. The molecule has 0 heterocycles. The third-order valence-electron chi connectivity index (χ3n) is 5.25. The lowest BCUT2D eigenvalue weighted by molar-refractivity contribution is 0.0956. The van der Waals surface area contributed by atoms with Crippen molar-refractivity contribution in [3.8, 4) is 11.5 Å². The maximum absolute atomic E-state index is 13.6. The van der Waals surface area contributed by atoms with Crippen LogP contribution in [0.15, 0.2) is 71.6 Å². The number of rotatable bonds is 11. The number of amides is 1. The molecule has 0 radical (unpaired) electrons. The molecule has 0 saturated heterocycles. The van der Waals surface area contributed by atoms with E-state index in [1.165, 1.54) is 57.3 Å². The van der Waals surface area contributed by atoms with Crippen molar-refractivity contribution in [2.75, 3.05) is 37.9 Å². The number of benzene rings is 3. The van der Waals surface area contributed by atoms with Gasteiger partial charge < -0.3 is 14.8 Å². The molecule has 186 valence electrons. The summed E-state index contributed by atoms with van der Waals surface area (Å²) in [6.07, 6.45) is 0. The van der Waals surface area contributed by atoms with Crippen LogP contribution in [0.1, 0.15) is 15.9 Å². The van der Waals surface area contributed by atoms with Crippen LogP contribution >= 0.6 is 11.8 Å². The molecular formula is C25H27FN2O5S2. The van der Waals surface area contributed by atoms with Gasteiger partial charge in [0.1, 0.15) is 5.82 Å². The SMILES string of the molecule is COc1ccc(S(=O)(=O)N(C)c2ccc(C(=O)NCCSCc3ccccc3F)cc2)cc1OC. The van der Waals surface area contributed by atoms with Crippen molar-refractivity contribution in [3.63, 3.8) is 0 Å². The molecule has 0 saturated carbocycles. The number of anilines is 1. The summed E-state index contributed by atoms with van der Waals surface area (Å²) >= 11 is 1.52. The van der Waals surface area contributed by atoms with Gasteiger partial charge in [0.2, 0.25) is 0 Å². The van der Waals surface area contributed by atoms with Crippen molar-refractivity contribution in [2.24, 2.45) is 0 Å². The van der Waals surface area contributed by atoms with E-state index in [0.717, 1.165) is 4.31 Å². The highest BCUT2D eigenvalue weighted by atomic mass is 32.2. The van der Waals surface area contributed by atoms with Gasteiger partial charge in [-0.05, 0) is 48.0 Å². The van der Waals surface area contributed by atoms with Crippen LogP contribution < -0.4 is 19.1 Å². The zero-order chi connectivity index (χ0) is 25.4. The van der Waals surface area contributed by atoms with Crippen LogP contribution in [0.3, 0.4) is 0 Å². The predicted octanol–water partition coefficient (Wildman–Crippen LogP) is 4.33. The highest BCUT2D eigenvalue weighted by Gasteiger charge is 2.23. The molecule has 0 spiro atoms. The summed E-state index contributed by atoms with van der Waals surface area (Å²) < 4.78 is 51.3. The van der Waals surface area contributed by atoms with E-state index >= 15 is 0 Å². The first kappa shape index (κ1) is 26.4. The molecular weight excluding hydrogens is 491 g/mol. The standard InChI is InChI=1S/C25H27FN2O5S2/c1-28(35(30,31)21-12-13-23(32-2)24(16-21)33-3)20-10-8-18(9-11-20)25(29)27-14-15-34-17-19-6-4-5-7-22(19)26/h4-13,16H,14-15,17H2,1-3H3,(H,27,29). The highest BCUT2D eigenvalue weighted by molar-refractivity contribution is 7.98. The number of nitrogens with one attached hydrogen (secondary N) is 1. The first-order chi connectivity index (χ1) is 16.8. The van der Waals surface area contributed by atoms with Gasteiger partial charge in [-0.25, -0.2) is 12.8 Å². The molecule has 0 bridgehead atoms. The Morgan fingerprint density at radius 2 is 1.69 bits per heavy atom. The first-order valence-corrected chi connectivity index (χ1v) is 13.3. The lowest BCUT2D eigenvalue weighted by Gasteiger charge is -2.20. The van der Waals surface area contributed by atoms with Crippen LogP contribution in [-0.4, -0.2) is 47.9 Å². The van der Waals surface area contributed by atoms with Crippen LogP contribution in [0, 0.1) is 5.82 Å². The zero-order valence-corrected chi connectivity index (χ0v) is 21.3. The Balaban J connectivity index is 1.57. The molecule has 35 heavy (non-hydrogen) atoms. The molecule has 3 aromatic rings.